The van der Waals surface area contributed by atoms with E-state index in [1.807, 2.05) is 0 Å². The van der Waals surface area contributed by atoms with E-state index in [0.29, 0.717) is 11.6 Å². The molecule has 1 aliphatic rings. The molecule has 1 N–H and O–H groups in total. The lowest BCUT2D eigenvalue weighted by atomic mass is 9.78. The van der Waals surface area contributed by atoms with E-state index in [0.717, 1.165) is 31.9 Å². The molecule has 5 heteroatoms. The second-order valence-corrected chi connectivity index (χ2v) is 6.58. The second kappa shape index (κ2) is 6.41. The number of nitrogens with zero attached hydrogens (tertiary/aromatic N) is 1. The fraction of sp³-hybridized carbons (Fsp3) is 0.625. The molecule has 0 amide bonds. The average Bonchev–Trinajstić information content (AvgIpc) is 2.85. The Kier molecular flexibility index (Phi) is 4.80. The molecule has 1 fully saturated rings. The van der Waals surface area contributed by atoms with Gasteiger partial charge in [0.1, 0.15) is 11.5 Å². The Balaban J connectivity index is 2.12. The number of anilines is 1. The number of nitrogens with one attached hydrogen (secondary N) is 1. The summed E-state index contributed by atoms with van der Waals surface area (Å²) in [5.74, 6) is 0.0260. The van der Waals surface area contributed by atoms with Crippen LogP contribution in [0, 0.1) is 27.3 Å². The number of hydrogen-bond donors (Lipinski definition) is 1. The van der Waals surface area contributed by atoms with Crippen molar-refractivity contribution in [3.05, 3.63) is 34.1 Å². The first-order chi connectivity index (χ1) is 9.92. The van der Waals surface area contributed by atoms with Crippen molar-refractivity contribution < 1.29 is 9.31 Å². The van der Waals surface area contributed by atoms with Crippen molar-refractivity contribution in [1.82, 2.24) is 0 Å². The zero-order chi connectivity index (χ0) is 15.5. The lowest BCUT2D eigenvalue weighted by molar-refractivity contribution is -0.384. The Morgan fingerprint density at radius 3 is 2.62 bits per heavy atom. The summed E-state index contributed by atoms with van der Waals surface area (Å²) in [6.45, 7) is 5.14. The summed E-state index contributed by atoms with van der Waals surface area (Å²) in [5.41, 5.74) is 0.445. The Morgan fingerprint density at radius 2 is 2.05 bits per heavy atom. The summed E-state index contributed by atoms with van der Waals surface area (Å²) in [5, 5.41) is 14.2. The molecule has 21 heavy (non-hydrogen) atoms. The zero-order valence-electron chi connectivity index (χ0n) is 12.7. The van der Waals surface area contributed by atoms with E-state index >= 15 is 0 Å². The van der Waals surface area contributed by atoms with Crippen LogP contribution in [-0.4, -0.2) is 11.5 Å². The van der Waals surface area contributed by atoms with Gasteiger partial charge in [0.25, 0.3) is 5.69 Å². The van der Waals surface area contributed by atoms with Crippen LogP contribution in [0.3, 0.4) is 0 Å². The van der Waals surface area contributed by atoms with Crippen molar-refractivity contribution in [2.45, 2.75) is 46.0 Å². The van der Waals surface area contributed by atoms with E-state index in [2.05, 4.69) is 19.2 Å². The number of rotatable bonds is 6. The highest BCUT2D eigenvalue weighted by Crippen LogP contribution is 2.43. The molecule has 0 atom stereocenters. The van der Waals surface area contributed by atoms with Gasteiger partial charge in [-0.05, 0) is 42.7 Å². The maximum absolute atomic E-state index is 13.2. The van der Waals surface area contributed by atoms with E-state index in [-0.39, 0.29) is 11.1 Å². The second-order valence-electron chi connectivity index (χ2n) is 6.58. The molecule has 0 radical (unpaired) electrons. The Bertz CT molecular complexity index is 511. The highest BCUT2D eigenvalue weighted by atomic mass is 19.1. The lowest BCUT2D eigenvalue weighted by Gasteiger charge is -2.31. The molecule has 0 bridgehead atoms. The maximum Gasteiger partial charge on any atom is 0.295 e. The molecule has 116 valence electrons. The monoisotopic (exact) mass is 294 g/mol. The van der Waals surface area contributed by atoms with Crippen LogP contribution < -0.4 is 5.32 Å². The SMILES string of the molecule is CC(C)CC1(CNc2ccc(F)cc2[N+](=O)[O-])CCCC1. The molecule has 0 aliphatic heterocycles. The normalized spacial score (nSPS) is 17.1. The summed E-state index contributed by atoms with van der Waals surface area (Å²) < 4.78 is 13.2. The summed E-state index contributed by atoms with van der Waals surface area (Å²) in [4.78, 5) is 10.5. The number of nitro benzene ring substituents is 1. The van der Waals surface area contributed by atoms with Gasteiger partial charge in [0.2, 0.25) is 0 Å². The fourth-order valence-electron chi connectivity index (χ4n) is 3.53. The zero-order valence-corrected chi connectivity index (χ0v) is 12.7. The largest absolute Gasteiger partial charge is 0.379 e. The van der Waals surface area contributed by atoms with Gasteiger partial charge in [0.15, 0.2) is 0 Å². The third kappa shape index (κ3) is 3.93. The van der Waals surface area contributed by atoms with Crippen LogP contribution in [0.15, 0.2) is 18.2 Å². The van der Waals surface area contributed by atoms with Crippen LogP contribution in [-0.2, 0) is 0 Å². The summed E-state index contributed by atoms with van der Waals surface area (Å²) >= 11 is 0. The highest BCUT2D eigenvalue weighted by molar-refractivity contribution is 5.61. The number of halogens is 1. The molecule has 0 spiro atoms. The maximum atomic E-state index is 13.2. The van der Waals surface area contributed by atoms with E-state index in [1.165, 1.54) is 25.0 Å². The minimum absolute atomic E-state index is 0.187. The Labute approximate surface area is 124 Å². The molecule has 0 heterocycles. The van der Waals surface area contributed by atoms with Crippen LogP contribution in [0.2, 0.25) is 0 Å². The number of nitro groups is 1. The minimum Gasteiger partial charge on any atom is -0.379 e. The molecule has 1 saturated carbocycles. The van der Waals surface area contributed by atoms with Crippen molar-refractivity contribution in [3.8, 4) is 0 Å². The van der Waals surface area contributed by atoms with Crippen LogP contribution >= 0.6 is 0 Å². The topological polar surface area (TPSA) is 55.2 Å². The molecule has 0 saturated heterocycles. The summed E-state index contributed by atoms with van der Waals surface area (Å²) in [6.07, 6.45) is 5.88. The fourth-order valence-corrected chi connectivity index (χ4v) is 3.53. The molecule has 1 aliphatic carbocycles. The van der Waals surface area contributed by atoms with Crippen molar-refractivity contribution >= 4 is 11.4 Å². The lowest BCUT2D eigenvalue weighted by Crippen LogP contribution is -2.28. The Hall–Kier alpha value is -1.65. The van der Waals surface area contributed by atoms with Crippen molar-refractivity contribution in [2.75, 3.05) is 11.9 Å². The minimum atomic E-state index is -0.579. The smallest absolute Gasteiger partial charge is 0.295 e. The van der Waals surface area contributed by atoms with Gasteiger partial charge in [-0.3, -0.25) is 10.1 Å². The quantitative estimate of drug-likeness (QED) is 0.608. The molecule has 1 aromatic carbocycles. The third-order valence-corrected chi connectivity index (χ3v) is 4.32. The predicted molar refractivity (Wildman–Crippen MR) is 81.9 cm³/mol. The summed E-state index contributed by atoms with van der Waals surface area (Å²) in [6, 6.07) is 3.71. The van der Waals surface area contributed by atoms with E-state index < -0.39 is 10.7 Å². The first-order valence-corrected chi connectivity index (χ1v) is 7.60. The standard InChI is InChI=1S/C16H23FN2O2/c1-12(2)10-16(7-3-4-8-16)11-18-14-6-5-13(17)9-15(14)19(20)21/h5-6,9,12,18H,3-4,7-8,10-11H2,1-2H3. The van der Waals surface area contributed by atoms with Crippen LogP contribution in [0.25, 0.3) is 0 Å². The molecule has 0 aromatic heterocycles. The van der Waals surface area contributed by atoms with Gasteiger partial charge >= 0.3 is 0 Å². The molecule has 4 nitrogen and oxygen atoms in total. The average molecular weight is 294 g/mol. The molecular formula is C16H23FN2O2. The van der Waals surface area contributed by atoms with Gasteiger partial charge < -0.3 is 5.32 Å². The van der Waals surface area contributed by atoms with Crippen molar-refractivity contribution in [3.63, 3.8) is 0 Å². The van der Waals surface area contributed by atoms with Gasteiger partial charge in [-0.1, -0.05) is 26.7 Å². The third-order valence-electron chi connectivity index (χ3n) is 4.32. The van der Waals surface area contributed by atoms with E-state index in [4.69, 9.17) is 0 Å². The van der Waals surface area contributed by atoms with E-state index in [9.17, 15) is 14.5 Å². The van der Waals surface area contributed by atoms with Crippen LogP contribution in [0.1, 0.15) is 46.0 Å². The van der Waals surface area contributed by atoms with Crippen molar-refractivity contribution in [2.24, 2.45) is 11.3 Å². The molecule has 2 rings (SSSR count). The first kappa shape index (κ1) is 15.7. The number of hydrogen-bond acceptors (Lipinski definition) is 3. The van der Waals surface area contributed by atoms with Crippen molar-refractivity contribution in [1.29, 1.82) is 0 Å². The predicted octanol–water partition coefficient (Wildman–Crippen LogP) is 4.75. The highest BCUT2D eigenvalue weighted by Gasteiger charge is 2.34. The van der Waals surface area contributed by atoms with E-state index in [1.54, 1.807) is 0 Å². The van der Waals surface area contributed by atoms with Gasteiger partial charge in [0.05, 0.1) is 11.0 Å². The molecular weight excluding hydrogens is 271 g/mol. The molecule has 1 aromatic rings. The summed E-state index contributed by atoms with van der Waals surface area (Å²) in [7, 11) is 0. The first-order valence-electron chi connectivity index (χ1n) is 7.60. The molecule has 0 unspecified atom stereocenters. The van der Waals surface area contributed by atoms with Gasteiger partial charge in [0, 0.05) is 6.54 Å². The van der Waals surface area contributed by atoms with Gasteiger partial charge in [-0.2, -0.15) is 0 Å². The van der Waals surface area contributed by atoms with Gasteiger partial charge in [-0.25, -0.2) is 4.39 Å². The van der Waals surface area contributed by atoms with Crippen LogP contribution in [0.5, 0.6) is 0 Å². The van der Waals surface area contributed by atoms with Gasteiger partial charge in [-0.15, -0.1) is 0 Å². The Morgan fingerprint density at radius 1 is 1.38 bits per heavy atom. The van der Waals surface area contributed by atoms with Crippen LogP contribution in [0.4, 0.5) is 15.8 Å². The number of benzene rings is 1.